The summed E-state index contributed by atoms with van der Waals surface area (Å²) < 4.78 is 2.38. The number of aromatic nitrogens is 1. The molecule has 0 atom stereocenters. The highest BCUT2D eigenvalue weighted by molar-refractivity contribution is 6.09. The molecule has 0 amide bonds. The van der Waals surface area contributed by atoms with E-state index in [-0.39, 0.29) is 0 Å². The van der Waals surface area contributed by atoms with Gasteiger partial charge in [0, 0.05) is 33.4 Å². The van der Waals surface area contributed by atoms with Crippen molar-refractivity contribution < 1.29 is 0 Å². The first-order valence-corrected chi connectivity index (χ1v) is 21.3. The van der Waals surface area contributed by atoms with Gasteiger partial charge in [0.05, 0.1) is 16.7 Å². The van der Waals surface area contributed by atoms with Crippen molar-refractivity contribution in [3.63, 3.8) is 0 Å². The molecule has 0 bridgehead atoms. The maximum Gasteiger partial charge on any atom is 0.0541 e. The quantitative estimate of drug-likeness (QED) is 0.141. The van der Waals surface area contributed by atoms with Crippen LogP contribution in [0.4, 0.5) is 17.1 Å². The molecule has 0 spiro atoms. The molecule has 0 fully saturated rings. The van der Waals surface area contributed by atoms with E-state index in [4.69, 9.17) is 0 Å². The van der Waals surface area contributed by atoms with Gasteiger partial charge in [-0.25, -0.2) is 0 Å². The standard InChI is InChI=1S/C60H42N2/c1-4-20-43(21-5-1)50-28-10-11-32-56(50)60-52(45-24-8-3-9-25-45)33-19-34-53(60)46-26-18-27-49(42-46)61(57-35-15-12-29-51(57)44-22-6-2-7-23-44)47-38-40-48(41-39-47)62-58-36-16-13-30-54(58)55-31-14-17-37-59(55)62/h1-42H. The highest BCUT2D eigenvalue weighted by Gasteiger charge is 2.21. The van der Waals surface area contributed by atoms with Crippen molar-refractivity contribution in [3.05, 3.63) is 255 Å². The molecule has 0 unspecified atom stereocenters. The van der Waals surface area contributed by atoms with Gasteiger partial charge in [-0.1, -0.05) is 200 Å². The fourth-order valence-electron chi connectivity index (χ4n) is 9.23. The minimum Gasteiger partial charge on any atom is -0.310 e. The molecular formula is C60H42N2. The monoisotopic (exact) mass is 790 g/mol. The lowest BCUT2D eigenvalue weighted by molar-refractivity contribution is 1.17. The minimum absolute atomic E-state index is 1.07. The molecule has 11 rings (SSSR count). The van der Waals surface area contributed by atoms with Crippen LogP contribution in [0.15, 0.2) is 255 Å². The number of para-hydroxylation sites is 3. The number of nitrogens with zero attached hydrogens (tertiary/aromatic N) is 2. The van der Waals surface area contributed by atoms with Crippen LogP contribution in [0.1, 0.15) is 0 Å². The minimum atomic E-state index is 1.07. The number of rotatable bonds is 9. The van der Waals surface area contributed by atoms with E-state index >= 15 is 0 Å². The SMILES string of the molecule is c1ccc(-c2ccccc2-c2c(-c3ccccc3)cccc2-c2cccc(N(c3ccc(-n4c5ccccc5c5ccccc54)cc3)c3ccccc3-c3ccccc3)c2)cc1. The van der Waals surface area contributed by atoms with E-state index in [2.05, 4.69) is 264 Å². The molecular weight excluding hydrogens is 749 g/mol. The van der Waals surface area contributed by atoms with Crippen LogP contribution in [-0.2, 0) is 0 Å². The molecule has 62 heavy (non-hydrogen) atoms. The van der Waals surface area contributed by atoms with Gasteiger partial charge in [0.1, 0.15) is 0 Å². The summed E-state index contributed by atoms with van der Waals surface area (Å²) in [6.07, 6.45) is 0. The van der Waals surface area contributed by atoms with Gasteiger partial charge in [-0.15, -0.1) is 0 Å². The van der Waals surface area contributed by atoms with Crippen molar-refractivity contribution in [2.24, 2.45) is 0 Å². The van der Waals surface area contributed by atoms with Gasteiger partial charge in [0.25, 0.3) is 0 Å². The van der Waals surface area contributed by atoms with Crippen LogP contribution in [0.2, 0.25) is 0 Å². The number of anilines is 3. The van der Waals surface area contributed by atoms with Crippen LogP contribution < -0.4 is 4.90 Å². The van der Waals surface area contributed by atoms with Crippen molar-refractivity contribution in [2.45, 2.75) is 0 Å². The normalized spacial score (nSPS) is 11.2. The molecule has 0 saturated carbocycles. The van der Waals surface area contributed by atoms with E-state index in [1.807, 2.05) is 0 Å². The Morgan fingerprint density at radius 3 is 1.34 bits per heavy atom. The Labute approximate surface area is 362 Å². The molecule has 2 heteroatoms. The average Bonchev–Trinajstić information content (AvgIpc) is 3.69. The first-order chi connectivity index (χ1) is 30.8. The van der Waals surface area contributed by atoms with Crippen LogP contribution >= 0.6 is 0 Å². The van der Waals surface area contributed by atoms with E-state index in [0.717, 1.165) is 33.9 Å². The molecule has 10 aromatic carbocycles. The zero-order valence-electron chi connectivity index (χ0n) is 34.1. The lowest BCUT2D eigenvalue weighted by Crippen LogP contribution is -2.11. The van der Waals surface area contributed by atoms with Crippen molar-refractivity contribution in [1.29, 1.82) is 0 Å². The van der Waals surface area contributed by atoms with E-state index in [9.17, 15) is 0 Å². The van der Waals surface area contributed by atoms with Gasteiger partial charge in [0.2, 0.25) is 0 Å². The Balaban J connectivity index is 1.11. The molecule has 0 aliphatic rings. The third-order valence-electron chi connectivity index (χ3n) is 12.0. The Morgan fingerprint density at radius 1 is 0.274 bits per heavy atom. The largest absolute Gasteiger partial charge is 0.310 e. The predicted molar refractivity (Wildman–Crippen MR) is 263 cm³/mol. The second-order valence-electron chi connectivity index (χ2n) is 15.7. The first kappa shape index (κ1) is 36.8. The number of hydrogen-bond acceptors (Lipinski definition) is 1. The second kappa shape index (κ2) is 16.1. The van der Waals surface area contributed by atoms with Gasteiger partial charge in [0.15, 0.2) is 0 Å². The fraction of sp³-hybridized carbons (Fsp3) is 0. The van der Waals surface area contributed by atoms with E-state index in [0.29, 0.717) is 0 Å². The maximum absolute atomic E-state index is 2.42. The van der Waals surface area contributed by atoms with E-state index in [1.165, 1.54) is 66.3 Å². The van der Waals surface area contributed by atoms with Gasteiger partial charge in [-0.2, -0.15) is 0 Å². The molecule has 0 aliphatic carbocycles. The van der Waals surface area contributed by atoms with Crippen LogP contribution in [0.3, 0.4) is 0 Å². The predicted octanol–water partition coefficient (Wildman–Crippen LogP) is 16.6. The highest BCUT2D eigenvalue weighted by Crippen LogP contribution is 2.47. The van der Waals surface area contributed by atoms with E-state index < -0.39 is 0 Å². The molecule has 292 valence electrons. The molecule has 2 nitrogen and oxygen atoms in total. The van der Waals surface area contributed by atoms with Crippen molar-refractivity contribution >= 4 is 38.9 Å². The first-order valence-electron chi connectivity index (χ1n) is 21.3. The Kier molecular flexibility index (Phi) is 9.57. The zero-order chi connectivity index (χ0) is 41.2. The van der Waals surface area contributed by atoms with Crippen LogP contribution in [0, 0.1) is 0 Å². The fourth-order valence-corrected chi connectivity index (χ4v) is 9.23. The summed E-state index contributed by atoms with van der Waals surface area (Å²) in [6, 6.07) is 92.1. The summed E-state index contributed by atoms with van der Waals surface area (Å²) in [4.78, 5) is 2.42. The van der Waals surface area contributed by atoms with Gasteiger partial charge in [-0.3, -0.25) is 0 Å². The second-order valence-corrected chi connectivity index (χ2v) is 15.7. The topological polar surface area (TPSA) is 8.17 Å². The summed E-state index contributed by atoms with van der Waals surface area (Å²) >= 11 is 0. The maximum atomic E-state index is 2.42. The van der Waals surface area contributed by atoms with Crippen LogP contribution in [0.5, 0.6) is 0 Å². The molecule has 0 aliphatic heterocycles. The third kappa shape index (κ3) is 6.65. The van der Waals surface area contributed by atoms with Crippen LogP contribution in [0.25, 0.3) is 83.1 Å². The van der Waals surface area contributed by atoms with Crippen molar-refractivity contribution in [2.75, 3.05) is 4.90 Å². The van der Waals surface area contributed by atoms with Gasteiger partial charge in [-0.05, 0) is 105 Å². The number of fused-ring (bicyclic) bond motifs is 3. The lowest BCUT2D eigenvalue weighted by Gasteiger charge is -2.29. The molecule has 0 saturated heterocycles. The lowest BCUT2D eigenvalue weighted by atomic mass is 9.84. The molecule has 0 radical (unpaired) electrons. The Hall–Kier alpha value is -8.20. The average molecular weight is 791 g/mol. The number of hydrogen-bond donors (Lipinski definition) is 0. The molecule has 0 N–H and O–H groups in total. The third-order valence-corrected chi connectivity index (χ3v) is 12.0. The van der Waals surface area contributed by atoms with Gasteiger partial charge < -0.3 is 9.47 Å². The summed E-state index contributed by atoms with van der Waals surface area (Å²) in [5.41, 5.74) is 18.6. The Morgan fingerprint density at radius 2 is 0.710 bits per heavy atom. The highest BCUT2D eigenvalue weighted by atomic mass is 15.1. The summed E-state index contributed by atoms with van der Waals surface area (Å²) in [5, 5.41) is 2.51. The van der Waals surface area contributed by atoms with Crippen molar-refractivity contribution in [1.82, 2.24) is 4.57 Å². The smallest absolute Gasteiger partial charge is 0.0541 e. The van der Waals surface area contributed by atoms with Crippen molar-refractivity contribution in [3.8, 4) is 61.3 Å². The van der Waals surface area contributed by atoms with Gasteiger partial charge >= 0.3 is 0 Å². The zero-order valence-corrected chi connectivity index (χ0v) is 34.1. The van der Waals surface area contributed by atoms with E-state index in [1.54, 1.807) is 0 Å². The Bertz CT molecular complexity index is 3280. The molecule has 11 aromatic rings. The summed E-state index contributed by atoms with van der Waals surface area (Å²) in [7, 11) is 0. The summed E-state index contributed by atoms with van der Waals surface area (Å²) in [5.74, 6) is 0. The summed E-state index contributed by atoms with van der Waals surface area (Å²) in [6.45, 7) is 0. The number of benzene rings is 10. The van der Waals surface area contributed by atoms with Crippen LogP contribution in [-0.4, -0.2) is 4.57 Å². The molecule has 1 aromatic heterocycles. The molecule has 1 heterocycles.